The summed E-state index contributed by atoms with van der Waals surface area (Å²) in [6.07, 6.45) is 0.234. The maximum atomic E-state index is 12.9. The summed E-state index contributed by atoms with van der Waals surface area (Å²) in [7, 11) is 0. The van der Waals surface area contributed by atoms with Crippen molar-refractivity contribution in [3.63, 3.8) is 0 Å². The van der Waals surface area contributed by atoms with Gasteiger partial charge in [-0.05, 0) is 12.1 Å². The van der Waals surface area contributed by atoms with E-state index in [4.69, 9.17) is 0 Å². The van der Waals surface area contributed by atoms with Crippen molar-refractivity contribution in [1.29, 1.82) is 0 Å². The fourth-order valence-electron chi connectivity index (χ4n) is 1.79. The number of carbonyl (C=O) groups excluding carboxylic acids is 1. The Hall–Kier alpha value is -1.63. The van der Waals surface area contributed by atoms with Gasteiger partial charge >= 0.3 is 0 Å². The van der Waals surface area contributed by atoms with Gasteiger partial charge < -0.3 is 4.90 Å². The van der Waals surface area contributed by atoms with Crippen molar-refractivity contribution in [2.75, 3.05) is 11.4 Å². The molecule has 1 heterocycles. The van der Waals surface area contributed by atoms with Crippen molar-refractivity contribution in [1.82, 2.24) is 0 Å². The van der Waals surface area contributed by atoms with E-state index in [-0.39, 0.29) is 23.3 Å². The van der Waals surface area contributed by atoms with E-state index in [0.29, 0.717) is 6.54 Å². The van der Waals surface area contributed by atoms with Crippen LogP contribution in [0.15, 0.2) is 18.2 Å². The summed E-state index contributed by atoms with van der Waals surface area (Å²) in [5, 5.41) is 10.7. The number of hydrogen-bond donors (Lipinski definition) is 1. The van der Waals surface area contributed by atoms with Crippen LogP contribution < -0.4 is 4.90 Å². The first kappa shape index (κ1) is 11.8. The molecule has 1 aromatic rings. The van der Waals surface area contributed by atoms with Crippen LogP contribution >= 0.6 is 12.6 Å². The van der Waals surface area contributed by atoms with Crippen molar-refractivity contribution in [3.05, 3.63) is 34.1 Å². The number of thiol groups is 1. The lowest BCUT2D eigenvalue weighted by Gasteiger charge is -2.15. The Morgan fingerprint density at radius 2 is 2.24 bits per heavy atom. The van der Waals surface area contributed by atoms with Gasteiger partial charge in [-0.2, -0.15) is 12.6 Å². The standard InChI is InChI=1S/C10H9FN2O3S/c11-6-1-2-8(9(3-6)13(15)16)12-5-7(17)4-10(12)14/h1-3,7,17H,4-5H2. The molecule has 2 rings (SSSR count). The molecule has 1 saturated heterocycles. The van der Waals surface area contributed by atoms with Gasteiger partial charge in [0.1, 0.15) is 11.5 Å². The van der Waals surface area contributed by atoms with Crippen LogP contribution in [-0.2, 0) is 4.79 Å². The first-order chi connectivity index (χ1) is 7.99. The Morgan fingerprint density at radius 3 is 2.76 bits per heavy atom. The van der Waals surface area contributed by atoms with E-state index in [1.54, 1.807) is 0 Å². The number of anilines is 1. The van der Waals surface area contributed by atoms with Crippen molar-refractivity contribution >= 4 is 29.9 Å². The molecule has 5 nitrogen and oxygen atoms in total. The van der Waals surface area contributed by atoms with Crippen molar-refractivity contribution in [2.45, 2.75) is 11.7 Å². The number of nitro benzene ring substituents is 1. The second-order valence-electron chi connectivity index (χ2n) is 3.75. The van der Waals surface area contributed by atoms with E-state index in [1.807, 2.05) is 0 Å². The number of halogens is 1. The third kappa shape index (κ3) is 2.23. The molecule has 0 N–H and O–H groups in total. The highest BCUT2D eigenvalue weighted by molar-refractivity contribution is 7.81. The zero-order valence-corrected chi connectivity index (χ0v) is 9.56. The molecule has 1 fully saturated rings. The predicted molar refractivity (Wildman–Crippen MR) is 62.8 cm³/mol. The zero-order chi connectivity index (χ0) is 12.6. The quantitative estimate of drug-likeness (QED) is 0.498. The lowest BCUT2D eigenvalue weighted by atomic mass is 10.2. The van der Waals surface area contributed by atoms with E-state index in [1.165, 1.54) is 11.0 Å². The molecule has 0 spiro atoms. The van der Waals surface area contributed by atoms with Crippen LogP contribution in [0.3, 0.4) is 0 Å². The molecule has 1 aliphatic rings. The van der Waals surface area contributed by atoms with E-state index in [0.717, 1.165) is 12.1 Å². The van der Waals surface area contributed by atoms with Crippen LogP contribution in [0.5, 0.6) is 0 Å². The summed E-state index contributed by atoms with van der Waals surface area (Å²) >= 11 is 4.16. The number of nitrogens with zero attached hydrogens (tertiary/aromatic N) is 2. The minimum absolute atomic E-state index is 0.123. The van der Waals surface area contributed by atoms with Gasteiger partial charge in [-0.25, -0.2) is 4.39 Å². The number of hydrogen-bond acceptors (Lipinski definition) is 4. The zero-order valence-electron chi connectivity index (χ0n) is 8.67. The third-order valence-electron chi connectivity index (χ3n) is 2.53. The molecule has 17 heavy (non-hydrogen) atoms. The van der Waals surface area contributed by atoms with Crippen molar-refractivity contribution < 1.29 is 14.1 Å². The van der Waals surface area contributed by atoms with Crippen LogP contribution in [0.2, 0.25) is 0 Å². The minimum Gasteiger partial charge on any atom is -0.305 e. The number of amides is 1. The highest BCUT2D eigenvalue weighted by atomic mass is 32.1. The predicted octanol–water partition coefficient (Wildman–Crippen LogP) is 1.77. The van der Waals surface area contributed by atoms with Gasteiger partial charge in [0.05, 0.1) is 11.0 Å². The molecule has 0 bridgehead atoms. The van der Waals surface area contributed by atoms with Crippen molar-refractivity contribution in [2.24, 2.45) is 0 Å². The highest BCUT2D eigenvalue weighted by Gasteiger charge is 2.32. The van der Waals surface area contributed by atoms with Gasteiger partial charge in [0.25, 0.3) is 5.69 Å². The molecule has 1 aliphatic heterocycles. The lowest BCUT2D eigenvalue weighted by Crippen LogP contribution is -2.25. The Bertz CT molecular complexity index is 494. The smallest absolute Gasteiger partial charge is 0.295 e. The molecule has 0 radical (unpaired) electrons. The van der Waals surface area contributed by atoms with E-state index >= 15 is 0 Å². The van der Waals surface area contributed by atoms with Gasteiger partial charge in [0, 0.05) is 18.2 Å². The molecular weight excluding hydrogens is 247 g/mol. The summed E-state index contributed by atoms with van der Waals surface area (Å²) in [6.45, 7) is 0.300. The van der Waals surface area contributed by atoms with E-state index in [9.17, 15) is 19.3 Å². The van der Waals surface area contributed by atoms with E-state index < -0.39 is 16.4 Å². The molecule has 1 aromatic carbocycles. The second-order valence-corrected chi connectivity index (χ2v) is 4.48. The Labute approximate surface area is 102 Å². The van der Waals surface area contributed by atoms with E-state index in [2.05, 4.69) is 12.6 Å². The molecule has 1 unspecified atom stereocenters. The molecule has 1 atom stereocenters. The van der Waals surface area contributed by atoms with Gasteiger partial charge in [0.2, 0.25) is 5.91 Å². The summed E-state index contributed by atoms with van der Waals surface area (Å²) in [6, 6.07) is 3.16. The molecule has 0 aliphatic carbocycles. The van der Waals surface area contributed by atoms with Gasteiger partial charge in [-0.15, -0.1) is 0 Å². The van der Waals surface area contributed by atoms with Crippen LogP contribution in [0.25, 0.3) is 0 Å². The number of carbonyl (C=O) groups is 1. The normalized spacial score (nSPS) is 19.8. The minimum atomic E-state index is -0.700. The van der Waals surface area contributed by atoms with Gasteiger partial charge in [-0.1, -0.05) is 0 Å². The molecule has 0 saturated carbocycles. The van der Waals surface area contributed by atoms with Crippen LogP contribution in [-0.4, -0.2) is 22.6 Å². The summed E-state index contributed by atoms with van der Waals surface area (Å²) < 4.78 is 12.9. The molecular formula is C10H9FN2O3S. The Balaban J connectivity index is 2.45. The highest BCUT2D eigenvalue weighted by Crippen LogP contribution is 2.32. The number of rotatable bonds is 2. The fraction of sp³-hybridized carbons (Fsp3) is 0.300. The molecule has 90 valence electrons. The number of nitro groups is 1. The average Bonchev–Trinajstić information content (AvgIpc) is 2.57. The molecule has 0 aromatic heterocycles. The lowest BCUT2D eigenvalue weighted by molar-refractivity contribution is -0.384. The third-order valence-corrected chi connectivity index (χ3v) is 2.88. The summed E-state index contributed by atoms with van der Waals surface area (Å²) in [5.74, 6) is -0.936. The first-order valence-corrected chi connectivity index (χ1v) is 5.43. The van der Waals surface area contributed by atoms with Gasteiger partial charge in [0.15, 0.2) is 0 Å². The SMILES string of the molecule is O=C1CC(S)CN1c1ccc(F)cc1[N+](=O)[O-]. The van der Waals surface area contributed by atoms with Crippen LogP contribution in [0.1, 0.15) is 6.42 Å². The fourth-order valence-corrected chi connectivity index (χ4v) is 2.11. The topological polar surface area (TPSA) is 63.5 Å². The first-order valence-electron chi connectivity index (χ1n) is 4.91. The van der Waals surface area contributed by atoms with Crippen molar-refractivity contribution in [3.8, 4) is 0 Å². The summed E-state index contributed by atoms with van der Waals surface area (Å²) in [5.41, 5.74) is -0.279. The van der Waals surface area contributed by atoms with Crippen LogP contribution in [0, 0.1) is 15.9 Å². The Kier molecular flexibility index (Phi) is 3.01. The number of benzene rings is 1. The maximum Gasteiger partial charge on any atom is 0.295 e. The van der Waals surface area contributed by atoms with Gasteiger partial charge in [-0.3, -0.25) is 14.9 Å². The largest absolute Gasteiger partial charge is 0.305 e. The second kappa shape index (κ2) is 4.33. The summed E-state index contributed by atoms with van der Waals surface area (Å²) in [4.78, 5) is 23.0. The average molecular weight is 256 g/mol. The monoisotopic (exact) mass is 256 g/mol. The Morgan fingerprint density at radius 1 is 1.53 bits per heavy atom. The molecule has 1 amide bonds. The maximum absolute atomic E-state index is 12.9. The van der Waals surface area contributed by atoms with Crippen LogP contribution in [0.4, 0.5) is 15.8 Å². The molecule has 7 heteroatoms.